The first-order chi connectivity index (χ1) is 8.93. The summed E-state index contributed by atoms with van der Waals surface area (Å²) >= 11 is 0. The van der Waals surface area contributed by atoms with Crippen molar-refractivity contribution < 1.29 is 14.3 Å². The topological polar surface area (TPSA) is 80.3 Å². The zero-order valence-electron chi connectivity index (χ0n) is 11.8. The van der Waals surface area contributed by atoms with Gasteiger partial charge in [0.2, 0.25) is 0 Å². The molecular formula is C12H20N4O3. The van der Waals surface area contributed by atoms with Crippen LogP contribution < -0.4 is 0 Å². The molecule has 106 valence electrons. The van der Waals surface area contributed by atoms with Gasteiger partial charge in [-0.25, -0.2) is 0 Å². The molecule has 1 aliphatic heterocycles. The van der Waals surface area contributed by atoms with Crippen LogP contribution in [0.4, 0.5) is 0 Å². The molecule has 1 amide bonds. The number of hydrogen-bond acceptors (Lipinski definition) is 5. The Balaban J connectivity index is 2.15. The summed E-state index contributed by atoms with van der Waals surface area (Å²) < 4.78 is 11.0. The Hall–Kier alpha value is -1.47. The molecule has 1 N–H and O–H groups in total. The molecule has 0 bridgehead atoms. The highest BCUT2D eigenvalue weighted by Gasteiger charge is 2.36. The largest absolute Gasteiger partial charge is 0.382 e. The number of aromatic nitrogens is 3. The highest BCUT2D eigenvalue weighted by molar-refractivity contribution is 5.93. The van der Waals surface area contributed by atoms with Gasteiger partial charge < -0.3 is 14.4 Å². The van der Waals surface area contributed by atoms with Crippen molar-refractivity contribution in [2.45, 2.75) is 32.5 Å². The smallest absolute Gasteiger partial charge is 0.276 e. The van der Waals surface area contributed by atoms with Gasteiger partial charge in [-0.15, -0.1) is 0 Å². The number of aryl methyl sites for hydroxylation is 1. The summed E-state index contributed by atoms with van der Waals surface area (Å²) in [5, 5.41) is 10.3. The normalized spacial score (nSPS) is 22.5. The lowest BCUT2D eigenvalue weighted by Crippen LogP contribution is -2.55. The first-order valence-corrected chi connectivity index (χ1v) is 6.26. The van der Waals surface area contributed by atoms with Crippen LogP contribution in [0.1, 0.15) is 30.0 Å². The molecule has 1 atom stereocenters. The SMILES string of the molecule is COCC1CN(C(=O)c2n[nH]nc2C)CC(C)(C)O1. The highest BCUT2D eigenvalue weighted by atomic mass is 16.5. The maximum Gasteiger partial charge on any atom is 0.276 e. The summed E-state index contributed by atoms with van der Waals surface area (Å²) in [6.07, 6.45) is -0.120. The molecule has 1 fully saturated rings. The lowest BCUT2D eigenvalue weighted by Gasteiger charge is -2.42. The first-order valence-electron chi connectivity index (χ1n) is 6.26. The molecule has 7 heteroatoms. The summed E-state index contributed by atoms with van der Waals surface area (Å²) in [5.74, 6) is -0.122. The van der Waals surface area contributed by atoms with E-state index in [1.807, 2.05) is 13.8 Å². The van der Waals surface area contributed by atoms with Crippen LogP contribution in [0.2, 0.25) is 0 Å². The summed E-state index contributed by atoms with van der Waals surface area (Å²) in [5.41, 5.74) is 0.584. The van der Waals surface area contributed by atoms with Gasteiger partial charge in [0.05, 0.1) is 24.0 Å². The predicted octanol–water partition coefficient (Wildman–Crippen LogP) is 0.379. The van der Waals surface area contributed by atoms with E-state index >= 15 is 0 Å². The average molecular weight is 268 g/mol. The fraction of sp³-hybridized carbons (Fsp3) is 0.750. The van der Waals surface area contributed by atoms with Gasteiger partial charge in [0, 0.05) is 20.2 Å². The molecule has 0 aromatic carbocycles. The molecule has 2 heterocycles. The predicted molar refractivity (Wildman–Crippen MR) is 67.9 cm³/mol. The van der Waals surface area contributed by atoms with Gasteiger partial charge in [0.1, 0.15) is 0 Å². The van der Waals surface area contributed by atoms with Crippen LogP contribution in [-0.2, 0) is 9.47 Å². The Labute approximate surface area is 112 Å². The molecular weight excluding hydrogens is 248 g/mol. The van der Waals surface area contributed by atoms with Crippen molar-refractivity contribution in [3.63, 3.8) is 0 Å². The maximum absolute atomic E-state index is 12.4. The van der Waals surface area contributed by atoms with Crippen molar-refractivity contribution in [1.82, 2.24) is 20.3 Å². The van der Waals surface area contributed by atoms with Crippen LogP contribution in [0.25, 0.3) is 0 Å². The third-order valence-electron chi connectivity index (χ3n) is 3.05. The van der Waals surface area contributed by atoms with Crippen molar-refractivity contribution in [3.8, 4) is 0 Å². The van der Waals surface area contributed by atoms with Crippen LogP contribution in [0.15, 0.2) is 0 Å². The van der Waals surface area contributed by atoms with E-state index < -0.39 is 5.60 Å². The van der Waals surface area contributed by atoms with Crippen LogP contribution in [0.5, 0.6) is 0 Å². The molecule has 0 aliphatic carbocycles. The third-order valence-corrected chi connectivity index (χ3v) is 3.05. The molecule has 2 rings (SSSR count). The summed E-state index contributed by atoms with van der Waals surface area (Å²) in [7, 11) is 1.62. The lowest BCUT2D eigenvalue weighted by atomic mass is 10.0. The molecule has 1 aromatic heterocycles. The average Bonchev–Trinajstić information content (AvgIpc) is 2.73. The number of hydrogen-bond donors (Lipinski definition) is 1. The second kappa shape index (κ2) is 5.26. The van der Waals surface area contributed by atoms with E-state index in [-0.39, 0.29) is 12.0 Å². The van der Waals surface area contributed by atoms with Crippen molar-refractivity contribution in [2.75, 3.05) is 26.8 Å². The summed E-state index contributed by atoms with van der Waals surface area (Å²) in [6.45, 7) is 7.18. The van der Waals surface area contributed by atoms with E-state index in [1.165, 1.54) is 0 Å². The minimum absolute atomic E-state index is 0.120. The minimum atomic E-state index is -0.394. The zero-order chi connectivity index (χ0) is 14.0. The Morgan fingerprint density at radius 2 is 2.32 bits per heavy atom. The molecule has 19 heavy (non-hydrogen) atoms. The number of methoxy groups -OCH3 is 1. The third kappa shape index (κ3) is 3.10. The van der Waals surface area contributed by atoms with Gasteiger partial charge in [-0.1, -0.05) is 0 Å². The Morgan fingerprint density at radius 1 is 1.58 bits per heavy atom. The van der Waals surface area contributed by atoms with Gasteiger partial charge in [-0.05, 0) is 20.8 Å². The summed E-state index contributed by atoms with van der Waals surface area (Å²) in [4.78, 5) is 14.2. The molecule has 0 spiro atoms. The summed E-state index contributed by atoms with van der Waals surface area (Å²) in [6, 6.07) is 0. The van der Waals surface area contributed by atoms with Gasteiger partial charge in [0.15, 0.2) is 5.69 Å². The van der Waals surface area contributed by atoms with Gasteiger partial charge in [0.25, 0.3) is 5.91 Å². The molecule has 1 unspecified atom stereocenters. The monoisotopic (exact) mass is 268 g/mol. The Bertz CT molecular complexity index is 458. The number of morpholine rings is 1. The van der Waals surface area contributed by atoms with Crippen LogP contribution in [-0.4, -0.2) is 64.7 Å². The molecule has 7 nitrogen and oxygen atoms in total. The zero-order valence-corrected chi connectivity index (χ0v) is 11.8. The Kier molecular flexibility index (Phi) is 3.86. The highest BCUT2D eigenvalue weighted by Crippen LogP contribution is 2.22. The van der Waals surface area contributed by atoms with Crippen molar-refractivity contribution in [3.05, 3.63) is 11.4 Å². The van der Waals surface area contributed by atoms with Gasteiger partial charge >= 0.3 is 0 Å². The fourth-order valence-electron chi connectivity index (χ4n) is 2.36. The van der Waals surface area contributed by atoms with Crippen LogP contribution >= 0.6 is 0 Å². The molecule has 1 aliphatic rings. The van der Waals surface area contributed by atoms with Gasteiger partial charge in [-0.2, -0.15) is 15.4 Å². The van der Waals surface area contributed by atoms with E-state index in [1.54, 1.807) is 18.9 Å². The molecule has 0 saturated carbocycles. The van der Waals surface area contributed by atoms with E-state index in [0.29, 0.717) is 31.1 Å². The second-order valence-corrected chi connectivity index (χ2v) is 5.40. The van der Waals surface area contributed by atoms with Crippen molar-refractivity contribution in [1.29, 1.82) is 0 Å². The molecule has 0 radical (unpaired) electrons. The minimum Gasteiger partial charge on any atom is -0.382 e. The van der Waals surface area contributed by atoms with Crippen molar-refractivity contribution in [2.24, 2.45) is 0 Å². The van der Waals surface area contributed by atoms with Crippen molar-refractivity contribution >= 4 is 5.91 Å². The number of amides is 1. The number of carbonyl (C=O) groups is 1. The standard InChI is InChI=1S/C12H20N4O3/c1-8-10(14-15-13-8)11(17)16-5-9(6-18-4)19-12(2,3)7-16/h9H,5-7H2,1-4H3,(H,13,14,15). The second-order valence-electron chi connectivity index (χ2n) is 5.40. The lowest BCUT2D eigenvalue weighted by molar-refractivity contribution is -0.143. The van der Waals surface area contributed by atoms with E-state index in [2.05, 4.69) is 15.4 Å². The van der Waals surface area contributed by atoms with Gasteiger partial charge in [-0.3, -0.25) is 4.79 Å². The van der Waals surface area contributed by atoms with Crippen LogP contribution in [0.3, 0.4) is 0 Å². The van der Waals surface area contributed by atoms with E-state index in [9.17, 15) is 4.79 Å². The maximum atomic E-state index is 12.4. The number of ether oxygens (including phenoxy) is 2. The van der Waals surface area contributed by atoms with E-state index in [4.69, 9.17) is 9.47 Å². The Morgan fingerprint density at radius 3 is 2.89 bits per heavy atom. The first kappa shape index (κ1) is 14.0. The van der Waals surface area contributed by atoms with Crippen LogP contribution in [0, 0.1) is 6.92 Å². The molecule has 1 saturated heterocycles. The number of nitrogens with one attached hydrogen (secondary N) is 1. The number of nitrogens with zero attached hydrogens (tertiary/aromatic N) is 3. The number of H-pyrrole nitrogens is 1. The number of aromatic amines is 1. The van der Waals surface area contributed by atoms with E-state index in [0.717, 1.165) is 0 Å². The fourth-order valence-corrected chi connectivity index (χ4v) is 2.36. The number of carbonyl (C=O) groups excluding carboxylic acids is 1. The molecule has 1 aromatic rings. The quantitative estimate of drug-likeness (QED) is 0.857. The number of rotatable bonds is 3.